The first-order valence-corrected chi connectivity index (χ1v) is 13.0. The van der Waals surface area contributed by atoms with E-state index >= 15 is 0 Å². The summed E-state index contributed by atoms with van der Waals surface area (Å²) < 4.78 is 26.3. The fourth-order valence-electron chi connectivity index (χ4n) is 4.47. The van der Waals surface area contributed by atoms with Gasteiger partial charge in [-0.1, -0.05) is 11.6 Å². The Bertz CT molecular complexity index is 1160. The topological polar surface area (TPSA) is 78.0 Å². The van der Waals surface area contributed by atoms with Crippen LogP contribution in [0.5, 0.6) is 0 Å². The first kappa shape index (κ1) is 23.6. The number of carbonyl (C=O) groups excluding carboxylic acids is 2. The average Bonchev–Trinajstić information content (AvgIpc) is 3.23. The van der Waals surface area contributed by atoms with E-state index in [1.54, 1.807) is 34.9 Å². The molecule has 0 aromatic heterocycles. The number of anilines is 2. The number of amides is 2. The number of rotatable bonds is 5. The van der Waals surface area contributed by atoms with Crippen LogP contribution in [0.15, 0.2) is 47.4 Å². The molecule has 0 bridgehead atoms. The standard InChI is InChI=1S/C24H28ClN3O4S/c1-17(33(31,32)22-7-8-23-19(16-22)9-10-28(23)18(2)29)15-24(30)27-13-11-26(12-14-27)21-5-3-20(25)4-6-21/h3-8,16-17H,9-15H2,1-2H3/t17-/m1/s1. The molecule has 7 nitrogen and oxygen atoms in total. The lowest BCUT2D eigenvalue weighted by Crippen LogP contribution is -2.49. The van der Waals surface area contributed by atoms with Crippen molar-refractivity contribution in [2.24, 2.45) is 0 Å². The highest BCUT2D eigenvalue weighted by molar-refractivity contribution is 7.92. The van der Waals surface area contributed by atoms with E-state index in [1.165, 1.54) is 6.92 Å². The van der Waals surface area contributed by atoms with E-state index in [1.807, 2.05) is 24.3 Å². The summed E-state index contributed by atoms with van der Waals surface area (Å²) in [6, 6.07) is 12.5. The van der Waals surface area contributed by atoms with Gasteiger partial charge in [-0.2, -0.15) is 0 Å². The van der Waals surface area contributed by atoms with Gasteiger partial charge in [0.1, 0.15) is 0 Å². The number of piperazine rings is 1. The second-order valence-corrected chi connectivity index (χ2v) is 11.4. The van der Waals surface area contributed by atoms with Crippen LogP contribution >= 0.6 is 11.6 Å². The van der Waals surface area contributed by atoms with Crippen LogP contribution in [-0.4, -0.2) is 63.1 Å². The van der Waals surface area contributed by atoms with E-state index in [4.69, 9.17) is 11.6 Å². The molecular weight excluding hydrogens is 462 g/mol. The SMILES string of the molecule is CC(=O)N1CCc2cc(S(=O)(=O)[C@H](C)CC(=O)N3CCN(c4ccc(Cl)cc4)CC3)ccc21. The summed E-state index contributed by atoms with van der Waals surface area (Å²) >= 11 is 5.96. The zero-order chi connectivity index (χ0) is 23.8. The van der Waals surface area contributed by atoms with Crippen molar-refractivity contribution >= 4 is 44.6 Å². The Morgan fingerprint density at radius 1 is 1.00 bits per heavy atom. The first-order valence-electron chi connectivity index (χ1n) is 11.1. The van der Waals surface area contributed by atoms with Crippen LogP contribution in [0.3, 0.4) is 0 Å². The van der Waals surface area contributed by atoms with E-state index in [0.717, 1.165) is 16.9 Å². The fourth-order valence-corrected chi connectivity index (χ4v) is 5.98. The van der Waals surface area contributed by atoms with Gasteiger partial charge in [0, 0.05) is 62.5 Å². The molecule has 2 aromatic carbocycles. The zero-order valence-electron chi connectivity index (χ0n) is 18.8. The minimum Gasteiger partial charge on any atom is -0.368 e. The molecule has 2 aliphatic rings. The van der Waals surface area contributed by atoms with Crippen molar-refractivity contribution in [3.63, 3.8) is 0 Å². The summed E-state index contributed by atoms with van der Waals surface area (Å²) in [5.41, 5.74) is 2.68. The molecule has 9 heteroatoms. The summed E-state index contributed by atoms with van der Waals surface area (Å²) in [6.07, 6.45) is 0.573. The van der Waals surface area contributed by atoms with E-state index < -0.39 is 15.1 Å². The molecule has 2 aromatic rings. The van der Waals surface area contributed by atoms with Gasteiger partial charge in [-0.25, -0.2) is 8.42 Å². The van der Waals surface area contributed by atoms with Gasteiger partial charge in [0.2, 0.25) is 11.8 Å². The van der Waals surface area contributed by atoms with Gasteiger partial charge < -0.3 is 14.7 Å². The van der Waals surface area contributed by atoms with Crippen molar-refractivity contribution < 1.29 is 18.0 Å². The van der Waals surface area contributed by atoms with Crippen molar-refractivity contribution in [1.82, 2.24) is 4.90 Å². The Labute approximate surface area is 199 Å². The average molecular weight is 490 g/mol. The third kappa shape index (κ3) is 4.87. The van der Waals surface area contributed by atoms with Crippen molar-refractivity contribution in [3.8, 4) is 0 Å². The molecule has 1 saturated heterocycles. The van der Waals surface area contributed by atoms with E-state index in [9.17, 15) is 18.0 Å². The lowest BCUT2D eigenvalue weighted by atomic mass is 10.2. The third-order valence-electron chi connectivity index (χ3n) is 6.47. The fraction of sp³-hybridized carbons (Fsp3) is 0.417. The molecule has 1 fully saturated rings. The largest absolute Gasteiger partial charge is 0.368 e. The van der Waals surface area contributed by atoms with Crippen LogP contribution < -0.4 is 9.80 Å². The second-order valence-electron chi connectivity index (χ2n) is 8.62. The molecule has 176 valence electrons. The smallest absolute Gasteiger partial charge is 0.224 e. The highest BCUT2D eigenvalue weighted by atomic mass is 35.5. The number of fused-ring (bicyclic) bond motifs is 1. The van der Waals surface area contributed by atoms with Crippen molar-refractivity contribution in [3.05, 3.63) is 53.1 Å². The molecule has 1 atom stereocenters. The highest BCUT2D eigenvalue weighted by Crippen LogP contribution is 2.32. The Kier molecular flexibility index (Phi) is 6.68. The highest BCUT2D eigenvalue weighted by Gasteiger charge is 2.31. The zero-order valence-corrected chi connectivity index (χ0v) is 20.4. The van der Waals surface area contributed by atoms with Gasteiger partial charge in [-0.15, -0.1) is 0 Å². The quantitative estimate of drug-likeness (QED) is 0.644. The number of hydrogen-bond acceptors (Lipinski definition) is 5. The van der Waals surface area contributed by atoms with E-state index in [0.29, 0.717) is 44.2 Å². The Hall–Kier alpha value is -2.58. The van der Waals surface area contributed by atoms with Gasteiger partial charge in [0.15, 0.2) is 9.84 Å². The van der Waals surface area contributed by atoms with Gasteiger partial charge >= 0.3 is 0 Å². The van der Waals surface area contributed by atoms with E-state index in [-0.39, 0.29) is 23.1 Å². The number of hydrogen-bond donors (Lipinski definition) is 0. The minimum absolute atomic E-state index is 0.0556. The van der Waals surface area contributed by atoms with Crippen LogP contribution in [0.25, 0.3) is 0 Å². The third-order valence-corrected chi connectivity index (χ3v) is 8.86. The summed E-state index contributed by atoms with van der Waals surface area (Å²) in [7, 11) is -3.66. The Morgan fingerprint density at radius 3 is 2.30 bits per heavy atom. The molecule has 0 spiro atoms. The summed E-state index contributed by atoms with van der Waals surface area (Å²) in [5.74, 6) is -0.203. The summed E-state index contributed by atoms with van der Waals surface area (Å²) in [5, 5.41) is -0.148. The van der Waals surface area contributed by atoms with Crippen LogP contribution in [0, 0.1) is 0 Å². The normalized spacial score (nSPS) is 17.1. The molecule has 33 heavy (non-hydrogen) atoms. The molecule has 2 heterocycles. The molecule has 2 amide bonds. The Morgan fingerprint density at radius 2 is 1.67 bits per heavy atom. The molecule has 2 aliphatic heterocycles. The summed E-state index contributed by atoms with van der Waals surface area (Å²) in [4.78, 5) is 30.4. The number of nitrogens with zero attached hydrogens (tertiary/aromatic N) is 3. The lowest BCUT2D eigenvalue weighted by molar-refractivity contribution is -0.131. The molecule has 0 N–H and O–H groups in total. The molecule has 4 rings (SSSR count). The van der Waals surface area contributed by atoms with Crippen molar-refractivity contribution in [2.75, 3.05) is 42.5 Å². The molecule has 0 radical (unpaired) electrons. The first-order chi connectivity index (χ1) is 15.7. The maximum atomic E-state index is 13.2. The van der Waals surface area contributed by atoms with E-state index in [2.05, 4.69) is 4.90 Å². The van der Waals surface area contributed by atoms with Crippen LogP contribution in [0.1, 0.15) is 25.8 Å². The van der Waals surface area contributed by atoms with Gasteiger partial charge in [0.25, 0.3) is 0 Å². The summed E-state index contributed by atoms with van der Waals surface area (Å²) in [6.45, 7) is 6.12. The van der Waals surface area contributed by atoms with Crippen molar-refractivity contribution in [1.29, 1.82) is 0 Å². The van der Waals surface area contributed by atoms with Gasteiger partial charge in [0.05, 0.1) is 10.1 Å². The second kappa shape index (κ2) is 9.35. The molecule has 0 aliphatic carbocycles. The molecule has 0 unspecified atom stereocenters. The van der Waals surface area contributed by atoms with Crippen molar-refractivity contribution in [2.45, 2.75) is 36.8 Å². The maximum Gasteiger partial charge on any atom is 0.224 e. The predicted molar refractivity (Wildman–Crippen MR) is 130 cm³/mol. The maximum absolute atomic E-state index is 13.2. The van der Waals surface area contributed by atoms with Crippen LogP contribution in [0.4, 0.5) is 11.4 Å². The van der Waals surface area contributed by atoms with Gasteiger partial charge in [-0.3, -0.25) is 9.59 Å². The Balaban J connectivity index is 1.38. The number of sulfone groups is 1. The predicted octanol–water partition coefficient (Wildman–Crippen LogP) is 3.15. The molecular formula is C24H28ClN3O4S. The minimum atomic E-state index is -3.66. The van der Waals surface area contributed by atoms with Gasteiger partial charge in [-0.05, 0) is 61.4 Å². The number of benzene rings is 2. The van der Waals surface area contributed by atoms with Crippen LogP contribution in [-0.2, 0) is 25.8 Å². The lowest BCUT2D eigenvalue weighted by Gasteiger charge is -2.36. The van der Waals surface area contributed by atoms with Crippen LogP contribution in [0.2, 0.25) is 5.02 Å². The number of halogens is 1. The molecule has 0 saturated carbocycles. The monoisotopic (exact) mass is 489 g/mol. The number of carbonyl (C=O) groups is 2.